The minimum atomic E-state index is -4.42. The summed E-state index contributed by atoms with van der Waals surface area (Å²) in [5, 5.41) is 14.0. The summed E-state index contributed by atoms with van der Waals surface area (Å²) >= 11 is 0. The van der Waals surface area contributed by atoms with E-state index in [2.05, 4.69) is 25.6 Å². The summed E-state index contributed by atoms with van der Waals surface area (Å²) in [6.45, 7) is 0. The Bertz CT molecular complexity index is 1330. The molecule has 0 bridgehead atoms. The van der Waals surface area contributed by atoms with Crippen LogP contribution in [0.5, 0.6) is 5.75 Å². The Morgan fingerprint density at radius 2 is 2.03 bits per heavy atom. The van der Waals surface area contributed by atoms with Gasteiger partial charge < -0.3 is 10.1 Å². The fourth-order valence-corrected chi connectivity index (χ4v) is 3.27. The van der Waals surface area contributed by atoms with Crippen LogP contribution in [0, 0.1) is 5.82 Å². The number of methoxy groups -OCH3 is 1. The smallest absolute Gasteiger partial charge is 0.389 e. The number of ketones is 1. The number of halogens is 4. The Morgan fingerprint density at radius 1 is 1.24 bits per heavy atom. The summed E-state index contributed by atoms with van der Waals surface area (Å²) in [4.78, 5) is 16.6. The number of ether oxygens (including phenoxy) is 1. The van der Waals surface area contributed by atoms with Crippen molar-refractivity contribution in [1.82, 2.24) is 25.0 Å². The number of H-pyrrole nitrogens is 1. The SMILES string of the molecule is COc1cc(-c2nc(Nc3ccc4[nH]ncc4c3F)n(C)n2)ccc1C(=O)CCC(F)(F)F. The van der Waals surface area contributed by atoms with E-state index in [0.29, 0.717) is 16.5 Å². The first-order valence-corrected chi connectivity index (χ1v) is 9.74. The molecule has 4 rings (SSSR count). The average Bonchev–Trinajstić information content (AvgIpc) is 3.40. The van der Waals surface area contributed by atoms with Crippen LogP contribution in [-0.4, -0.2) is 44.0 Å². The van der Waals surface area contributed by atoms with Crippen molar-refractivity contribution in [2.24, 2.45) is 7.05 Å². The van der Waals surface area contributed by atoms with Gasteiger partial charge in [0.15, 0.2) is 17.4 Å². The zero-order valence-electron chi connectivity index (χ0n) is 17.5. The monoisotopic (exact) mass is 462 g/mol. The summed E-state index contributed by atoms with van der Waals surface area (Å²) in [7, 11) is 2.92. The molecule has 2 N–H and O–H groups in total. The van der Waals surface area contributed by atoms with E-state index in [0.717, 1.165) is 0 Å². The highest BCUT2D eigenvalue weighted by atomic mass is 19.4. The van der Waals surface area contributed by atoms with Gasteiger partial charge >= 0.3 is 6.18 Å². The molecule has 0 spiro atoms. The van der Waals surface area contributed by atoms with E-state index in [1.165, 1.54) is 42.3 Å². The zero-order valence-corrected chi connectivity index (χ0v) is 17.5. The number of aryl methyl sites for hydroxylation is 1. The van der Waals surface area contributed by atoms with Crippen molar-refractivity contribution < 1.29 is 27.1 Å². The molecule has 33 heavy (non-hydrogen) atoms. The highest BCUT2D eigenvalue weighted by Crippen LogP contribution is 2.30. The van der Waals surface area contributed by atoms with E-state index < -0.39 is 30.6 Å². The van der Waals surface area contributed by atoms with Crippen LogP contribution in [0.3, 0.4) is 0 Å². The average molecular weight is 462 g/mol. The molecule has 0 saturated heterocycles. The normalized spacial score (nSPS) is 11.7. The molecule has 0 aliphatic heterocycles. The van der Waals surface area contributed by atoms with Crippen molar-refractivity contribution in [3.63, 3.8) is 0 Å². The maximum Gasteiger partial charge on any atom is 0.389 e. The van der Waals surface area contributed by atoms with Gasteiger partial charge in [-0.3, -0.25) is 9.89 Å². The molecular weight excluding hydrogens is 444 g/mol. The number of anilines is 2. The standard InChI is InChI=1S/C21H18F4N6O2/c1-31-20(27-15-6-5-14-13(18(15)22)10-26-29-14)28-19(30-31)11-3-4-12(17(9-11)33-2)16(32)7-8-21(23,24)25/h3-6,9-10H,7-8H2,1-2H3,(H,26,29)(H,27,28,30). The molecule has 0 amide bonds. The number of rotatable bonds is 7. The highest BCUT2D eigenvalue weighted by Gasteiger charge is 2.29. The number of carbonyl (C=O) groups excluding carboxylic acids is 1. The van der Waals surface area contributed by atoms with Crippen LogP contribution in [0.1, 0.15) is 23.2 Å². The number of Topliss-reactive ketones (excluding diaryl/α,β-unsaturated/α-hetero) is 1. The van der Waals surface area contributed by atoms with E-state index in [1.54, 1.807) is 13.1 Å². The van der Waals surface area contributed by atoms with Crippen molar-refractivity contribution in [3.05, 3.63) is 47.9 Å². The van der Waals surface area contributed by atoms with Gasteiger partial charge in [0.05, 0.1) is 41.9 Å². The van der Waals surface area contributed by atoms with Gasteiger partial charge in [0.2, 0.25) is 5.95 Å². The molecule has 12 heteroatoms. The minimum absolute atomic E-state index is 0.0373. The molecular formula is C21H18F4N6O2. The number of fused-ring (bicyclic) bond motifs is 1. The Hall–Kier alpha value is -3.96. The minimum Gasteiger partial charge on any atom is -0.496 e. The molecule has 0 saturated carbocycles. The lowest BCUT2D eigenvalue weighted by Crippen LogP contribution is -2.11. The third-order valence-corrected chi connectivity index (χ3v) is 4.96. The fourth-order valence-electron chi connectivity index (χ4n) is 3.27. The first-order chi connectivity index (χ1) is 15.7. The second kappa shape index (κ2) is 8.52. The van der Waals surface area contributed by atoms with Gasteiger partial charge in [-0.15, -0.1) is 5.10 Å². The number of nitrogens with one attached hydrogen (secondary N) is 2. The third kappa shape index (κ3) is 4.64. The van der Waals surface area contributed by atoms with Crippen molar-refractivity contribution in [2.45, 2.75) is 19.0 Å². The quantitative estimate of drug-likeness (QED) is 0.303. The largest absolute Gasteiger partial charge is 0.496 e. The summed E-state index contributed by atoms with van der Waals surface area (Å²) in [6.07, 6.45) is -4.94. The van der Waals surface area contributed by atoms with Gasteiger partial charge in [-0.25, -0.2) is 9.07 Å². The van der Waals surface area contributed by atoms with Crippen LogP contribution in [-0.2, 0) is 7.05 Å². The van der Waals surface area contributed by atoms with Crippen LogP contribution >= 0.6 is 0 Å². The zero-order chi connectivity index (χ0) is 23.8. The van der Waals surface area contributed by atoms with Crippen molar-refractivity contribution in [2.75, 3.05) is 12.4 Å². The molecule has 0 aliphatic rings. The summed E-state index contributed by atoms with van der Waals surface area (Å²) < 4.78 is 58.7. The van der Waals surface area contributed by atoms with E-state index in [1.807, 2.05) is 0 Å². The van der Waals surface area contributed by atoms with E-state index in [-0.39, 0.29) is 28.8 Å². The van der Waals surface area contributed by atoms with Crippen molar-refractivity contribution in [1.29, 1.82) is 0 Å². The van der Waals surface area contributed by atoms with Gasteiger partial charge in [0.25, 0.3) is 0 Å². The number of hydrogen-bond donors (Lipinski definition) is 2. The lowest BCUT2D eigenvalue weighted by atomic mass is 10.0. The van der Waals surface area contributed by atoms with Crippen LogP contribution in [0.15, 0.2) is 36.5 Å². The molecule has 0 fully saturated rings. The molecule has 0 radical (unpaired) electrons. The number of aromatic amines is 1. The van der Waals surface area contributed by atoms with Crippen molar-refractivity contribution in [3.8, 4) is 17.1 Å². The van der Waals surface area contributed by atoms with E-state index in [4.69, 9.17) is 4.74 Å². The third-order valence-electron chi connectivity index (χ3n) is 4.96. The Balaban J connectivity index is 1.59. The topological polar surface area (TPSA) is 97.7 Å². The molecule has 0 atom stereocenters. The molecule has 0 unspecified atom stereocenters. The Morgan fingerprint density at radius 3 is 2.76 bits per heavy atom. The van der Waals surface area contributed by atoms with Crippen LogP contribution in [0.25, 0.3) is 22.3 Å². The molecule has 172 valence electrons. The molecule has 4 aromatic rings. The van der Waals surface area contributed by atoms with Crippen molar-refractivity contribution >= 4 is 28.3 Å². The number of nitrogens with zero attached hydrogens (tertiary/aromatic N) is 4. The highest BCUT2D eigenvalue weighted by molar-refractivity contribution is 5.99. The fraction of sp³-hybridized carbons (Fsp3) is 0.238. The van der Waals surface area contributed by atoms with Crippen LogP contribution in [0.2, 0.25) is 0 Å². The molecule has 0 aliphatic carbocycles. The Labute approximate surface area is 184 Å². The summed E-state index contributed by atoms with van der Waals surface area (Å²) in [6, 6.07) is 7.57. The molecule has 2 heterocycles. The van der Waals surface area contributed by atoms with Gasteiger partial charge in [0.1, 0.15) is 5.75 Å². The first-order valence-electron chi connectivity index (χ1n) is 9.74. The number of hydrogen-bond acceptors (Lipinski definition) is 6. The summed E-state index contributed by atoms with van der Waals surface area (Å²) in [5.41, 5.74) is 1.23. The van der Waals surface area contributed by atoms with E-state index >= 15 is 0 Å². The molecule has 2 aromatic heterocycles. The van der Waals surface area contributed by atoms with Gasteiger partial charge in [-0.1, -0.05) is 6.07 Å². The predicted molar refractivity (Wildman–Crippen MR) is 112 cm³/mol. The first kappa shape index (κ1) is 22.2. The second-order valence-corrected chi connectivity index (χ2v) is 7.22. The van der Waals surface area contributed by atoms with Crippen LogP contribution in [0.4, 0.5) is 29.2 Å². The molecule has 8 nitrogen and oxygen atoms in total. The summed E-state index contributed by atoms with van der Waals surface area (Å²) in [5.74, 6) is -0.585. The number of benzene rings is 2. The maximum atomic E-state index is 14.7. The Kier molecular flexibility index (Phi) is 5.75. The predicted octanol–water partition coefficient (Wildman–Crippen LogP) is 4.77. The van der Waals surface area contributed by atoms with Gasteiger partial charge in [0, 0.05) is 19.0 Å². The van der Waals surface area contributed by atoms with Gasteiger partial charge in [-0.05, 0) is 24.3 Å². The number of carbonyl (C=O) groups is 1. The maximum absolute atomic E-state index is 14.7. The lowest BCUT2D eigenvalue weighted by molar-refractivity contribution is -0.133. The molecule has 2 aromatic carbocycles. The van der Waals surface area contributed by atoms with E-state index in [9.17, 15) is 22.4 Å². The lowest BCUT2D eigenvalue weighted by Gasteiger charge is -2.10. The van der Waals surface area contributed by atoms with Crippen LogP contribution < -0.4 is 10.1 Å². The number of alkyl halides is 3. The second-order valence-electron chi connectivity index (χ2n) is 7.22. The number of aromatic nitrogens is 5. The van der Waals surface area contributed by atoms with Gasteiger partial charge in [-0.2, -0.15) is 23.3 Å².